The number of esters is 2. The van der Waals surface area contributed by atoms with Crippen molar-refractivity contribution in [3.63, 3.8) is 0 Å². The van der Waals surface area contributed by atoms with Crippen molar-refractivity contribution in [2.75, 3.05) is 19.8 Å². The number of ether oxygens (including phenoxy) is 4. The second-order valence-corrected chi connectivity index (χ2v) is 8.85. The molecular formula is C21H38O6. The van der Waals surface area contributed by atoms with Crippen LogP contribution in [0.5, 0.6) is 0 Å². The molecule has 0 aromatic rings. The zero-order valence-electron chi connectivity index (χ0n) is 18.1. The quantitative estimate of drug-likeness (QED) is 0.648. The number of hydrogen-bond acceptors (Lipinski definition) is 6. The van der Waals surface area contributed by atoms with Crippen LogP contribution in [-0.2, 0) is 28.5 Å². The minimum absolute atomic E-state index is 0.0441. The summed E-state index contributed by atoms with van der Waals surface area (Å²) in [4.78, 5) is 24.8. The Morgan fingerprint density at radius 2 is 1.96 bits per heavy atom. The van der Waals surface area contributed by atoms with Crippen LogP contribution in [0.15, 0.2) is 0 Å². The van der Waals surface area contributed by atoms with Crippen molar-refractivity contribution in [2.24, 2.45) is 17.8 Å². The first-order valence-corrected chi connectivity index (χ1v) is 10.1. The maximum atomic E-state index is 12.7. The standard InChI is InChI=1S/C21H38O6/c1-8-16-9-10-24-13-17(11-18(22)27-21(5,6)7)20(23)26-15(4)19(16)25-12-14(2)3/h14-17,19H,8-13H2,1-7H3/t15-,16-,17-,19-/m0/s1. The van der Waals surface area contributed by atoms with Crippen molar-refractivity contribution in [1.29, 1.82) is 0 Å². The molecular weight excluding hydrogens is 348 g/mol. The molecule has 1 heterocycles. The maximum Gasteiger partial charge on any atom is 0.312 e. The largest absolute Gasteiger partial charge is 0.460 e. The molecule has 0 aromatic heterocycles. The molecule has 0 saturated carbocycles. The van der Waals surface area contributed by atoms with Gasteiger partial charge in [-0.15, -0.1) is 0 Å². The molecule has 0 spiro atoms. The summed E-state index contributed by atoms with van der Waals surface area (Å²) in [6.07, 6.45) is 1.17. The van der Waals surface area contributed by atoms with Crippen LogP contribution < -0.4 is 0 Å². The fourth-order valence-electron chi connectivity index (χ4n) is 3.16. The van der Waals surface area contributed by atoms with E-state index in [9.17, 15) is 9.59 Å². The molecule has 4 atom stereocenters. The fourth-order valence-corrected chi connectivity index (χ4v) is 3.16. The molecule has 1 saturated heterocycles. The van der Waals surface area contributed by atoms with E-state index in [2.05, 4.69) is 20.8 Å². The Hall–Kier alpha value is -1.14. The lowest BCUT2D eigenvalue weighted by atomic mass is 9.92. The summed E-state index contributed by atoms with van der Waals surface area (Å²) in [6.45, 7) is 14.9. The van der Waals surface area contributed by atoms with E-state index in [0.717, 1.165) is 12.8 Å². The average molecular weight is 387 g/mol. The van der Waals surface area contributed by atoms with E-state index in [1.54, 1.807) is 20.8 Å². The minimum Gasteiger partial charge on any atom is -0.460 e. The third kappa shape index (κ3) is 9.06. The summed E-state index contributed by atoms with van der Waals surface area (Å²) in [7, 11) is 0. The number of cyclic esters (lactones) is 1. The Labute approximate surface area is 164 Å². The van der Waals surface area contributed by atoms with Gasteiger partial charge in [0.05, 0.1) is 25.0 Å². The van der Waals surface area contributed by atoms with E-state index in [4.69, 9.17) is 18.9 Å². The third-order valence-corrected chi connectivity index (χ3v) is 4.49. The molecule has 6 heteroatoms. The highest BCUT2D eigenvalue weighted by atomic mass is 16.6. The number of carbonyl (C=O) groups excluding carboxylic acids is 2. The molecule has 1 rings (SSSR count). The molecule has 0 aromatic carbocycles. The molecule has 0 radical (unpaired) electrons. The maximum absolute atomic E-state index is 12.7. The van der Waals surface area contributed by atoms with E-state index >= 15 is 0 Å². The molecule has 0 N–H and O–H groups in total. The summed E-state index contributed by atoms with van der Waals surface area (Å²) in [5.74, 6) is -0.850. The molecule has 27 heavy (non-hydrogen) atoms. The highest BCUT2D eigenvalue weighted by Crippen LogP contribution is 2.25. The van der Waals surface area contributed by atoms with Crippen LogP contribution in [0.25, 0.3) is 0 Å². The van der Waals surface area contributed by atoms with Gasteiger partial charge in [-0.1, -0.05) is 27.2 Å². The van der Waals surface area contributed by atoms with Crippen molar-refractivity contribution in [2.45, 2.75) is 85.5 Å². The van der Waals surface area contributed by atoms with Crippen molar-refractivity contribution < 1.29 is 28.5 Å². The normalized spacial score (nSPS) is 27.9. The van der Waals surface area contributed by atoms with Crippen LogP contribution in [0.3, 0.4) is 0 Å². The first kappa shape index (κ1) is 23.9. The molecule has 158 valence electrons. The smallest absolute Gasteiger partial charge is 0.312 e. The van der Waals surface area contributed by atoms with Crippen molar-refractivity contribution in [3.05, 3.63) is 0 Å². The summed E-state index contributed by atoms with van der Waals surface area (Å²) in [6, 6.07) is 0. The molecule has 0 amide bonds. The lowest BCUT2D eigenvalue weighted by Gasteiger charge is -2.33. The van der Waals surface area contributed by atoms with Crippen molar-refractivity contribution in [3.8, 4) is 0 Å². The second-order valence-electron chi connectivity index (χ2n) is 8.85. The van der Waals surface area contributed by atoms with Gasteiger partial charge in [0.15, 0.2) is 0 Å². The number of hydrogen-bond donors (Lipinski definition) is 0. The monoisotopic (exact) mass is 386 g/mol. The van der Waals surface area contributed by atoms with Gasteiger partial charge in [0.25, 0.3) is 0 Å². The van der Waals surface area contributed by atoms with E-state index < -0.39 is 23.5 Å². The average Bonchev–Trinajstić information content (AvgIpc) is 2.52. The van der Waals surface area contributed by atoms with Gasteiger partial charge >= 0.3 is 11.9 Å². The lowest BCUT2D eigenvalue weighted by Crippen LogP contribution is -2.41. The van der Waals surface area contributed by atoms with Crippen molar-refractivity contribution >= 4 is 11.9 Å². The Balaban J connectivity index is 2.82. The lowest BCUT2D eigenvalue weighted by molar-refractivity contribution is -0.175. The zero-order valence-corrected chi connectivity index (χ0v) is 18.1. The Kier molecular flexibility index (Phi) is 9.74. The molecule has 1 fully saturated rings. The zero-order chi connectivity index (χ0) is 20.6. The predicted octanol–water partition coefficient (Wildman–Crippen LogP) is 3.75. The number of carbonyl (C=O) groups is 2. The minimum atomic E-state index is -0.661. The van der Waals surface area contributed by atoms with Crippen LogP contribution in [-0.4, -0.2) is 49.6 Å². The van der Waals surface area contributed by atoms with Gasteiger partial charge in [0, 0.05) is 13.2 Å². The molecule has 6 nitrogen and oxygen atoms in total. The predicted molar refractivity (Wildman–Crippen MR) is 103 cm³/mol. The first-order valence-electron chi connectivity index (χ1n) is 10.1. The number of rotatable bonds is 6. The third-order valence-electron chi connectivity index (χ3n) is 4.49. The Morgan fingerprint density at radius 3 is 2.52 bits per heavy atom. The summed E-state index contributed by atoms with van der Waals surface area (Å²) < 4.78 is 22.8. The summed E-state index contributed by atoms with van der Waals surface area (Å²) >= 11 is 0. The fraction of sp³-hybridized carbons (Fsp3) is 0.905. The summed E-state index contributed by atoms with van der Waals surface area (Å²) in [5, 5.41) is 0. The van der Waals surface area contributed by atoms with Gasteiger partial charge in [-0.2, -0.15) is 0 Å². The molecule has 0 bridgehead atoms. The Bertz CT molecular complexity index is 468. The van der Waals surface area contributed by atoms with Crippen LogP contribution in [0.1, 0.15) is 67.7 Å². The topological polar surface area (TPSA) is 71.1 Å². The SMILES string of the molecule is CC[C@H]1CCOC[C@H](CC(=O)OC(C)(C)C)C(=O)O[C@@H](C)[C@@H]1OCC(C)C. The van der Waals surface area contributed by atoms with Crippen molar-refractivity contribution in [1.82, 2.24) is 0 Å². The second kappa shape index (κ2) is 11.0. The molecule has 1 aliphatic heterocycles. The van der Waals surface area contributed by atoms with Gasteiger partial charge in [-0.05, 0) is 46.0 Å². The van der Waals surface area contributed by atoms with Crippen LogP contribution >= 0.6 is 0 Å². The van der Waals surface area contributed by atoms with Gasteiger partial charge in [-0.25, -0.2) is 0 Å². The van der Waals surface area contributed by atoms with Gasteiger partial charge in [-0.3, -0.25) is 9.59 Å². The van der Waals surface area contributed by atoms with E-state index in [1.165, 1.54) is 0 Å². The van der Waals surface area contributed by atoms with E-state index in [-0.39, 0.29) is 31.2 Å². The van der Waals surface area contributed by atoms with E-state index in [1.807, 2.05) is 6.92 Å². The van der Waals surface area contributed by atoms with Crippen LogP contribution in [0, 0.1) is 17.8 Å². The Morgan fingerprint density at radius 1 is 1.30 bits per heavy atom. The highest BCUT2D eigenvalue weighted by molar-refractivity contribution is 5.80. The van der Waals surface area contributed by atoms with Crippen LogP contribution in [0.2, 0.25) is 0 Å². The van der Waals surface area contributed by atoms with Gasteiger partial charge in [0.1, 0.15) is 11.7 Å². The summed E-state index contributed by atoms with van der Waals surface area (Å²) in [5.41, 5.74) is -0.588. The first-order chi connectivity index (χ1) is 12.5. The molecule has 1 aliphatic rings. The highest BCUT2D eigenvalue weighted by Gasteiger charge is 2.34. The molecule has 0 aliphatic carbocycles. The van der Waals surface area contributed by atoms with Gasteiger partial charge < -0.3 is 18.9 Å². The van der Waals surface area contributed by atoms with E-state index in [0.29, 0.717) is 19.1 Å². The van der Waals surface area contributed by atoms with Crippen LogP contribution in [0.4, 0.5) is 0 Å². The molecule has 0 unspecified atom stereocenters. The van der Waals surface area contributed by atoms with Gasteiger partial charge in [0.2, 0.25) is 0 Å².